The summed E-state index contributed by atoms with van der Waals surface area (Å²) in [5.74, 6) is 0. The lowest BCUT2D eigenvalue weighted by atomic mass is 10.1. The second-order valence-corrected chi connectivity index (χ2v) is 3.38. The van der Waals surface area contributed by atoms with Crippen molar-refractivity contribution in [2.75, 3.05) is 0 Å². The lowest BCUT2D eigenvalue weighted by Gasteiger charge is -2.09. The van der Waals surface area contributed by atoms with E-state index >= 15 is 0 Å². The van der Waals surface area contributed by atoms with Gasteiger partial charge in [0, 0.05) is 5.02 Å². The number of halogens is 4. The number of alkyl halides is 3. The van der Waals surface area contributed by atoms with Gasteiger partial charge in [-0.15, -0.1) is 0 Å². The first kappa shape index (κ1) is 11.1. The summed E-state index contributed by atoms with van der Waals surface area (Å²) in [6.45, 7) is 5.17. The highest BCUT2D eigenvalue weighted by atomic mass is 35.5. The molecule has 14 heavy (non-hydrogen) atoms. The minimum absolute atomic E-state index is 0.283. The van der Waals surface area contributed by atoms with E-state index in [1.165, 1.54) is 6.07 Å². The Morgan fingerprint density at radius 3 is 2.36 bits per heavy atom. The molecule has 0 aliphatic heterocycles. The number of benzene rings is 1. The van der Waals surface area contributed by atoms with E-state index < -0.39 is 11.7 Å². The molecule has 0 saturated heterocycles. The molecule has 1 rings (SSSR count). The number of hydrogen-bond donors (Lipinski definition) is 0. The Kier molecular flexibility index (Phi) is 2.90. The molecule has 0 amide bonds. The minimum Gasteiger partial charge on any atom is -0.166 e. The molecule has 0 spiro atoms. The molecular formula is C10H8ClF3. The van der Waals surface area contributed by atoms with E-state index in [1.54, 1.807) is 6.92 Å². The quantitative estimate of drug-likeness (QED) is 0.658. The Balaban J connectivity index is 3.27. The lowest BCUT2D eigenvalue weighted by molar-refractivity contribution is -0.137. The molecule has 0 unspecified atom stereocenters. The molecule has 0 nitrogen and oxygen atoms in total. The van der Waals surface area contributed by atoms with Crippen molar-refractivity contribution in [2.24, 2.45) is 0 Å². The Morgan fingerprint density at radius 1 is 1.36 bits per heavy atom. The summed E-state index contributed by atoms with van der Waals surface area (Å²) in [7, 11) is 0. The smallest absolute Gasteiger partial charge is 0.166 e. The summed E-state index contributed by atoms with van der Waals surface area (Å²) in [5.41, 5.74) is 0.141. The van der Waals surface area contributed by atoms with Gasteiger partial charge in [-0.2, -0.15) is 13.2 Å². The van der Waals surface area contributed by atoms with Crippen molar-refractivity contribution in [1.82, 2.24) is 0 Å². The highest BCUT2D eigenvalue weighted by molar-refractivity contribution is 6.32. The van der Waals surface area contributed by atoms with Crippen LogP contribution in [0.1, 0.15) is 18.1 Å². The van der Waals surface area contributed by atoms with Crippen LogP contribution < -0.4 is 0 Å². The fourth-order valence-electron chi connectivity index (χ4n) is 1.03. The SMILES string of the molecule is C=C(C)c1cc(C(F)(F)F)ccc1Cl. The zero-order valence-corrected chi connectivity index (χ0v) is 8.21. The van der Waals surface area contributed by atoms with Crippen molar-refractivity contribution >= 4 is 17.2 Å². The zero-order chi connectivity index (χ0) is 10.9. The van der Waals surface area contributed by atoms with Crippen molar-refractivity contribution in [1.29, 1.82) is 0 Å². The summed E-state index contributed by atoms with van der Waals surface area (Å²) in [6, 6.07) is 3.19. The van der Waals surface area contributed by atoms with Crippen LogP contribution in [-0.4, -0.2) is 0 Å². The Morgan fingerprint density at radius 2 is 1.93 bits per heavy atom. The fourth-order valence-corrected chi connectivity index (χ4v) is 1.31. The first-order chi connectivity index (χ1) is 6.32. The third-order valence-corrected chi connectivity index (χ3v) is 2.08. The third kappa shape index (κ3) is 2.29. The van der Waals surface area contributed by atoms with Gasteiger partial charge in [0.25, 0.3) is 0 Å². The summed E-state index contributed by atoms with van der Waals surface area (Å²) in [4.78, 5) is 0. The van der Waals surface area contributed by atoms with E-state index in [9.17, 15) is 13.2 Å². The number of rotatable bonds is 1. The van der Waals surface area contributed by atoms with Crippen molar-refractivity contribution in [2.45, 2.75) is 13.1 Å². The maximum atomic E-state index is 12.3. The molecule has 0 N–H and O–H groups in total. The monoisotopic (exact) mass is 220 g/mol. The number of allylic oxidation sites excluding steroid dienone is 1. The topological polar surface area (TPSA) is 0 Å². The summed E-state index contributed by atoms with van der Waals surface area (Å²) < 4.78 is 36.9. The average molecular weight is 221 g/mol. The van der Waals surface area contributed by atoms with Crippen LogP contribution in [0, 0.1) is 0 Å². The molecule has 0 heterocycles. The van der Waals surface area contributed by atoms with Crippen LogP contribution in [0.15, 0.2) is 24.8 Å². The van der Waals surface area contributed by atoms with Crippen LogP contribution in [-0.2, 0) is 6.18 Å². The molecule has 0 saturated carbocycles. The van der Waals surface area contributed by atoms with Crippen LogP contribution in [0.2, 0.25) is 5.02 Å². The van der Waals surface area contributed by atoms with Gasteiger partial charge in [0.1, 0.15) is 0 Å². The molecule has 1 aromatic rings. The van der Waals surface area contributed by atoms with Gasteiger partial charge in [-0.05, 0) is 36.3 Å². The normalized spacial score (nSPS) is 11.5. The standard InChI is InChI=1S/C10H8ClF3/c1-6(2)8-5-7(10(12,13)14)3-4-9(8)11/h3-5H,1H2,2H3. The van der Waals surface area contributed by atoms with E-state index in [-0.39, 0.29) is 5.02 Å². The fraction of sp³-hybridized carbons (Fsp3) is 0.200. The molecule has 1 aromatic carbocycles. The van der Waals surface area contributed by atoms with Gasteiger partial charge >= 0.3 is 6.18 Å². The van der Waals surface area contributed by atoms with E-state index in [4.69, 9.17) is 11.6 Å². The van der Waals surface area contributed by atoms with E-state index in [0.717, 1.165) is 12.1 Å². The summed E-state index contributed by atoms with van der Waals surface area (Å²) in [6.07, 6.45) is -4.34. The first-order valence-electron chi connectivity index (χ1n) is 3.85. The predicted octanol–water partition coefficient (Wildman–Crippen LogP) is 4.39. The van der Waals surface area contributed by atoms with Gasteiger partial charge in [-0.1, -0.05) is 18.2 Å². The van der Waals surface area contributed by atoms with Gasteiger partial charge in [0.2, 0.25) is 0 Å². The molecule has 0 aromatic heterocycles. The Labute approximate surface area is 85.0 Å². The van der Waals surface area contributed by atoms with E-state index in [2.05, 4.69) is 6.58 Å². The first-order valence-corrected chi connectivity index (χ1v) is 4.23. The van der Waals surface area contributed by atoms with Gasteiger partial charge in [0.05, 0.1) is 5.56 Å². The van der Waals surface area contributed by atoms with Crippen molar-refractivity contribution < 1.29 is 13.2 Å². The molecule has 0 atom stereocenters. The molecule has 0 bridgehead atoms. The summed E-state index contributed by atoms with van der Waals surface area (Å²) >= 11 is 5.71. The third-order valence-electron chi connectivity index (χ3n) is 1.75. The van der Waals surface area contributed by atoms with Gasteiger partial charge < -0.3 is 0 Å². The van der Waals surface area contributed by atoms with Gasteiger partial charge in [0.15, 0.2) is 0 Å². The zero-order valence-electron chi connectivity index (χ0n) is 7.45. The molecule has 4 heteroatoms. The van der Waals surface area contributed by atoms with Crippen molar-refractivity contribution in [3.8, 4) is 0 Å². The van der Waals surface area contributed by atoms with Crippen LogP contribution in [0.25, 0.3) is 5.57 Å². The second-order valence-electron chi connectivity index (χ2n) is 2.97. The lowest BCUT2D eigenvalue weighted by Crippen LogP contribution is -2.05. The Hall–Kier alpha value is -0.960. The van der Waals surface area contributed by atoms with Crippen LogP contribution in [0.5, 0.6) is 0 Å². The highest BCUT2D eigenvalue weighted by Gasteiger charge is 2.30. The molecular weight excluding hydrogens is 213 g/mol. The van der Waals surface area contributed by atoms with Crippen molar-refractivity contribution in [3.63, 3.8) is 0 Å². The molecule has 0 aliphatic rings. The van der Waals surface area contributed by atoms with Gasteiger partial charge in [-0.25, -0.2) is 0 Å². The number of hydrogen-bond acceptors (Lipinski definition) is 0. The maximum Gasteiger partial charge on any atom is 0.416 e. The molecule has 76 valence electrons. The summed E-state index contributed by atoms with van der Waals surface area (Å²) in [5, 5.41) is 0.283. The van der Waals surface area contributed by atoms with Crippen LogP contribution >= 0.6 is 11.6 Å². The molecule has 0 radical (unpaired) electrons. The predicted molar refractivity (Wildman–Crippen MR) is 51.2 cm³/mol. The minimum atomic E-state index is -4.34. The maximum absolute atomic E-state index is 12.3. The molecule has 0 aliphatic carbocycles. The van der Waals surface area contributed by atoms with E-state index in [1.807, 2.05) is 0 Å². The van der Waals surface area contributed by atoms with Crippen LogP contribution in [0.3, 0.4) is 0 Å². The van der Waals surface area contributed by atoms with Crippen molar-refractivity contribution in [3.05, 3.63) is 40.9 Å². The van der Waals surface area contributed by atoms with Crippen LogP contribution in [0.4, 0.5) is 13.2 Å². The van der Waals surface area contributed by atoms with E-state index in [0.29, 0.717) is 11.1 Å². The molecule has 0 fully saturated rings. The average Bonchev–Trinajstić information content (AvgIpc) is 2.02. The highest BCUT2D eigenvalue weighted by Crippen LogP contribution is 2.33. The largest absolute Gasteiger partial charge is 0.416 e. The second kappa shape index (κ2) is 3.65. The van der Waals surface area contributed by atoms with Gasteiger partial charge in [-0.3, -0.25) is 0 Å². The Bertz CT molecular complexity index is 366.